The largest absolute Gasteiger partial charge is 0.381 e. The third-order valence-electron chi connectivity index (χ3n) is 4.80. The van der Waals surface area contributed by atoms with Gasteiger partial charge < -0.3 is 10.1 Å². The summed E-state index contributed by atoms with van der Waals surface area (Å²) in [6.45, 7) is 1.42. The lowest BCUT2D eigenvalue weighted by molar-refractivity contribution is -0.130. The van der Waals surface area contributed by atoms with Crippen LogP contribution in [0.5, 0.6) is 0 Å². The molecule has 1 aliphatic rings. The maximum atomic E-state index is 13.2. The average molecular weight is 410 g/mol. The van der Waals surface area contributed by atoms with Crippen molar-refractivity contribution in [2.24, 2.45) is 0 Å². The molecule has 0 aliphatic carbocycles. The van der Waals surface area contributed by atoms with Crippen molar-refractivity contribution in [1.82, 2.24) is 14.7 Å². The van der Waals surface area contributed by atoms with Crippen molar-refractivity contribution in [3.05, 3.63) is 57.3 Å². The lowest BCUT2D eigenvalue weighted by Gasteiger charge is -2.36. The van der Waals surface area contributed by atoms with Crippen molar-refractivity contribution in [3.63, 3.8) is 0 Å². The van der Waals surface area contributed by atoms with Gasteiger partial charge in [-0.05, 0) is 30.5 Å². The molecule has 1 N–H and O–H groups in total. The first-order valence-electron chi connectivity index (χ1n) is 8.31. The predicted octanol–water partition coefficient (Wildman–Crippen LogP) is 4.07. The van der Waals surface area contributed by atoms with Crippen LogP contribution in [-0.4, -0.2) is 28.5 Å². The van der Waals surface area contributed by atoms with E-state index >= 15 is 0 Å². The van der Waals surface area contributed by atoms with Crippen molar-refractivity contribution in [2.45, 2.75) is 24.8 Å². The number of carbonyl (C=O) groups is 1. The molecule has 3 heterocycles. The topological polar surface area (TPSA) is 55.6 Å². The van der Waals surface area contributed by atoms with E-state index in [0.717, 1.165) is 16.2 Å². The van der Waals surface area contributed by atoms with E-state index in [0.29, 0.717) is 42.6 Å². The van der Waals surface area contributed by atoms with Gasteiger partial charge in [0, 0.05) is 41.0 Å². The predicted molar refractivity (Wildman–Crippen MR) is 103 cm³/mol. The lowest BCUT2D eigenvalue weighted by Crippen LogP contribution is -2.48. The molecule has 0 atom stereocenters. The summed E-state index contributed by atoms with van der Waals surface area (Å²) >= 11 is 14.0. The van der Waals surface area contributed by atoms with Gasteiger partial charge in [0.2, 0.25) is 5.91 Å². The number of fused-ring (bicyclic) bond motifs is 1. The van der Waals surface area contributed by atoms with Crippen molar-refractivity contribution in [1.29, 1.82) is 0 Å². The van der Waals surface area contributed by atoms with Gasteiger partial charge >= 0.3 is 0 Å². The standard InChI is InChI=1S/C18H17Cl2N3O2S/c19-12-1-2-14(15(20)9-12)18(3-6-25-7-4-18)16(24)21-10-13-11-23-5-8-26-17(23)22-13/h1-2,5,8-9,11H,3-4,6-7,10H2,(H,21,24). The number of hydrogen-bond acceptors (Lipinski definition) is 4. The molecule has 1 amide bonds. The van der Waals surface area contributed by atoms with Gasteiger partial charge in [-0.25, -0.2) is 4.98 Å². The molecular weight excluding hydrogens is 393 g/mol. The molecule has 4 rings (SSSR count). The molecule has 0 spiro atoms. The van der Waals surface area contributed by atoms with E-state index in [2.05, 4.69) is 10.3 Å². The molecule has 5 nitrogen and oxygen atoms in total. The number of benzene rings is 1. The first kappa shape index (κ1) is 17.8. The average Bonchev–Trinajstić information content (AvgIpc) is 3.21. The number of rotatable bonds is 4. The van der Waals surface area contributed by atoms with E-state index in [-0.39, 0.29) is 5.91 Å². The van der Waals surface area contributed by atoms with Crippen LogP contribution < -0.4 is 5.32 Å². The van der Waals surface area contributed by atoms with Gasteiger partial charge in [-0.3, -0.25) is 9.20 Å². The van der Waals surface area contributed by atoms with E-state index in [1.165, 1.54) is 0 Å². The molecular formula is C18H17Cl2N3O2S. The maximum Gasteiger partial charge on any atom is 0.231 e. The Balaban J connectivity index is 1.59. The number of hydrogen-bond donors (Lipinski definition) is 1. The maximum absolute atomic E-state index is 13.2. The highest BCUT2D eigenvalue weighted by Crippen LogP contribution is 2.40. The highest BCUT2D eigenvalue weighted by atomic mass is 35.5. The summed E-state index contributed by atoms with van der Waals surface area (Å²) in [5.74, 6) is -0.0543. The fourth-order valence-corrected chi connectivity index (χ4v) is 4.73. The number of aromatic nitrogens is 2. The van der Waals surface area contributed by atoms with Crippen LogP contribution >= 0.6 is 34.5 Å². The summed E-state index contributed by atoms with van der Waals surface area (Å²) in [4.78, 5) is 18.6. The molecule has 8 heteroatoms. The molecule has 136 valence electrons. The Kier molecular flexibility index (Phi) is 4.92. The summed E-state index contributed by atoms with van der Waals surface area (Å²) in [6.07, 6.45) is 5.04. The molecule has 0 unspecified atom stereocenters. The van der Waals surface area contributed by atoms with E-state index < -0.39 is 5.41 Å². The number of amides is 1. The monoisotopic (exact) mass is 409 g/mol. The SMILES string of the molecule is O=C(NCc1cn2ccsc2n1)C1(c2ccc(Cl)cc2Cl)CCOCC1. The van der Waals surface area contributed by atoms with E-state index in [1.807, 2.05) is 28.2 Å². The second-order valence-electron chi connectivity index (χ2n) is 6.33. The van der Waals surface area contributed by atoms with E-state index in [4.69, 9.17) is 27.9 Å². The summed E-state index contributed by atoms with van der Waals surface area (Å²) in [5, 5.41) is 6.09. The smallest absolute Gasteiger partial charge is 0.231 e. The summed E-state index contributed by atoms with van der Waals surface area (Å²) < 4.78 is 7.44. The number of nitrogens with zero attached hydrogens (tertiary/aromatic N) is 2. The second-order valence-corrected chi connectivity index (χ2v) is 8.04. The van der Waals surface area contributed by atoms with Crippen molar-refractivity contribution >= 4 is 45.4 Å². The van der Waals surface area contributed by atoms with Gasteiger partial charge in [-0.1, -0.05) is 29.3 Å². The Morgan fingerprint density at radius 3 is 2.88 bits per heavy atom. The zero-order valence-electron chi connectivity index (χ0n) is 13.9. The highest BCUT2D eigenvalue weighted by molar-refractivity contribution is 7.15. The minimum atomic E-state index is -0.711. The number of ether oxygens (including phenoxy) is 1. The molecule has 26 heavy (non-hydrogen) atoms. The van der Waals surface area contributed by atoms with E-state index in [1.54, 1.807) is 23.5 Å². The van der Waals surface area contributed by atoms with Gasteiger partial charge in [-0.15, -0.1) is 11.3 Å². The molecule has 1 saturated heterocycles. The van der Waals surface area contributed by atoms with Gasteiger partial charge in [0.15, 0.2) is 4.96 Å². The molecule has 3 aromatic rings. The van der Waals surface area contributed by atoms with Crippen LogP contribution in [0.15, 0.2) is 36.0 Å². The van der Waals surface area contributed by atoms with E-state index in [9.17, 15) is 4.79 Å². The first-order chi connectivity index (χ1) is 12.6. The number of carbonyl (C=O) groups excluding carboxylic acids is 1. The zero-order valence-corrected chi connectivity index (χ0v) is 16.2. The molecule has 2 aromatic heterocycles. The minimum Gasteiger partial charge on any atom is -0.381 e. The molecule has 1 fully saturated rings. The number of thiazole rings is 1. The van der Waals surface area contributed by atoms with Gasteiger partial charge in [0.25, 0.3) is 0 Å². The molecule has 1 aromatic carbocycles. The fourth-order valence-electron chi connectivity index (χ4n) is 3.42. The Morgan fingerprint density at radius 1 is 1.35 bits per heavy atom. The molecule has 0 saturated carbocycles. The number of halogens is 2. The van der Waals surface area contributed by atoms with Crippen molar-refractivity contribution in [3.8, 4) is 0 Å². The van der Waals surface area contributed by atoms with Crippen LogP contribution in [0.3, 0.4) is 0 Å². The van der Waals surface area contributed by atoms with Gasteiger partial charge in [0.1, 0.15) is 0 Å². The van der Waals surface area contributed by atoms with Crippen LogP contribution in [0.2, 0.25) is 10.0 Å². The third-order valence-corrected chi connectivity index (χ3v) is 6.12. The van der Waals surface area contributed by atoms with Gasteiger partial charge in [0.05, 0.1) is 17.7 Å². The Bertz CT molecular complexity index is 918. The number of imidazole rings is 1. The highest BCUT2D eigenvalue weighted by Gasteiger charge is 2.43. The molecule has 0 radical (unpaired) electrons. The summed E-state index contributed by atoms with van der Waals surface area (Å²) in [6, 6.07) is 5.31. The molecule has 0 bridgehead atoms. The Hall–Kier alpha value is -1.60. The van der Waals surface area contributed by atoms with Crippen LogP contribution in [0, 0.1) is 0 Å². The van der Waals surface area contributed by atoms with Crippen molar-refractivity contribution < 1.29 is 9.53 Å². The van der Waals surface area contributed by atoms with Gasteiger partial charge in [-0.2, -0.15) is 0 Å². The summed E-state index contributed by atoms with van der Waals surface area (Å²) in [7, 11) is 0. The Labute approximate surface area is 164 Å². The van der Waals surface area contributed by atoms with Crippen LogP contribution in [0.25, 0.3) is 4.96 Å². The Morgan fingerprint density at radius 2 is 2.15 bits per heavy atom. The zero-order chi connectivity index (χ0) is 18.1. The van der Waals surface area contributed by atoms with Crippen LogP contribution in [0.4, 0.5) is 0 Å². The minimum absolute atomic E-state index is 0.0543. The first-order valence-corrected chi connectivity index (χ1v) is 9.95. The lowest BCUT2D eigenvalue weighted by atomic mass is 9.73. The third kappa shape index (κ3) is 3.22. The fraction of sp³-hybridized carbons (Fsp3) is 0.333. The quantitative estimate of drug-likeness (QED) is 0.706. The summed E-state index contributed by atoms with van der Waals surface area (Å²) in [5.41, 5.74) is 0.918. The second kappa shape index (κ2) is 7.19. The van der Waals surface area contributed by atoms with Crippen LogP contribution in [0.1, 0.15) is 24.1 Å². The van der Waals surface area contributed by atoms with Crippen LogP contribution in [-0.2, 0) is 21.5 Å². The normalized spacial score (nSPS) is 16.7. The van der Waals surface area contributed by atoms with Crippen molar-refractivity contribution in [2.75, 3.05) is 13.2 Å². The molecule has 1 aliphatic heterocycles. The number of nitrogens with one attached hydrogen (secondary N) is 1.